The maximum absolute atomic E-state index is 11.6. The van der Waals surface area contributed by atoms with E-state index in [1.165, 1.54) is 0 Å². The number of amides is 2. The van der Waals surface area contributed by atoms with Gasteiger partial charge in [0.1, 0.15) is 6.54 Å². The second-order valence-corrected chi connectivity index (χ2v) is 4.59. The number of benzene rings is 1. The third kappa shape index (κ3) is 3.57. The van der Waals surface area contributed by atoms with Gasteiger partial charge in [0.25, 0.3) is 0 Å². The van der Waals surface area contributed by atoms with E-state index in [4.69, 9.17) is 5.26 Å². The lowest BCUT2D eigenvalue weighted by Crippen LogP contribution is -2.35. The first-order valence-corrected chi connectivity index (χ1v) is 5.98. The van der Waals surface area contributed by atoms with Crippen molar-refractivity contribution >= 4 is 33.4 Å². The minimum Gasteiger partial charge on any atom is -0.335 e. The van der Waals surface area contributed by atoms with E-state index in [0.717, 1.165) is 11.1 Å². The largest absolute Gasteiger partial charge is 0.335 e. The molecule has 18 heavy (non-hydrogen) atoms. The van der Waals surface area contributed by atoms with Gasteiger partial charge in [-0.1, -0.05) is 6.07 Å². The second kappa shape index (κ2) is 6.17. The number of halogens is 1. The molecule has 1 aromatic rings. The van der Waals surface area contributed by atoms with Crippen LogP contribution in [-0.2, 0) is 9.59 Å². The molecule has 0 heterocycles. The predicted molar refractivity (Wildman–Crippen MR) is 70.9 cm³/mol. The van der Waals surface area contributed by atoms with E-state index >= 15 is 0 Å². The molecule has 0 bridgehead atoms. The molecule has 0 fully saturated rings. The highest BCUT2D eigenvalue weighted by molar-refractivity contribution is 9.10. The van der Waals surface area contributed by atoms with Crippen LogP contribution < -0.4 is 10.6 Å². The molecule has 0 spiro atoms. The summed E-state index contributed by atoms with van der Waals surface area (Å²) in [4.78, 5) is 22.9. The van der Waals surface area contributed by atoms with E-state index in [-0.39, 0.29) is 6.54 Å². The average molecular weight is 310 g/mol. The Bertz CT molecular complexity index is 512. The number of nitriles is 1. The number of nitrogens with one attached hydrogen (secondary N) is 2. The summed E-state index contributed by atoms with van der Waals surface area (Å²) in [6, 6.07) is 5.47. The van der Waals surface area contributed by atoms with Crippen LogP contribution in [0.2, 0.25) is 0 Å². The predicted octanol–water partition coefficient (Wildman–Crippen LogP) is 1.64. The van der Waals surface area contributed by atoms with Gasteiger partial charge in [-0.3, -0.25) is 9.59 Å². The Kier molecular flexibility index (Phi) is 4.86. The number of carbonyl (C=O) groups excluding carboxylic acids is 2. The van der Waals surface area contributed by atoms with Crippen molar-refractivity contribution in [2.75, 3.05) is 11.9 Å². The number of nitrogens with zero attached hydrogens (tertiary/aromatic N) is 1. The fraction of sp³-hybridized carbons (Fsp3) is 0.250. The molecular weight excluding hydrogens is 298 g/mol. The number of rotatable bonds is 2. The Hall–Kier alpha value is -1.87. The second-order valence-electron chi connectivity index (χ2n) is 3.73. The maximum Gasteiger partial charge on any atom is 0.313 e. The topological polar surface area (TPSA) is 82.0 Å². The molecule has 94 valence electrons. The van der Waals surface area contributed by atoms with Crippen LogP contribution in [0.3, 0.4) is 0 Å². The van der Waals surface area contributed by atoms with Gasteiger partial charge in [0.15, 0.2) is 0 Å². The van der Waals surface area contributed by atoms with E-state index in [0.29, 0.717) is 10.2 Å². The standard InChI is InChI=1S/C12H12BrN3O2/c1-7-5-8(2)10(9(13)6-7)16-12(18)11(17)15-4-3-14/h5-6H,4H2,1-2H3,(H,15,17)(H,16,18). The van der Waals surface area contributed by atoms with Crippen LogP contribution in [0.1, 0.15) is 11.1 Å². The Balaban J connectivity index is 2.83. The lowest BCUT2D eigenvalue weighted by Gasteiger charge is -2.11. The lowest BCUT2D eigenvalue weighted by molar-refractivity contribution is -0.136. The number of hydrogen-bond acceptors (Lipinski definition) is 3. The van der Waals surface area contributed by atoms with Gasteiger partial charge in [0, 0.05) is 4.47 Å². The Morgan fingerprint density at radius 3 is 2.56 bits per heavy atom. The number of anilines is 1. The molecule has 0 aliphatic rings. The van der Waals surface area contributed by atoms with Crippen LogP contribution >= 0.6 is 15.9 Å². The molecule has 0 radical (unpaired) electrons. The van der Waals surface area contributed by atoms with Crippen LogP contribution in [0.25, 0.3) is 0 Å². The molecule has 5 nitrogen and oxygen atoms in total. The molecule has 1 aromatic carbocycles. The summed E-state index contributed by atoms with van der Waals surface area (Å²) in [5.41, 5.74) is 2.45. The summed E-state index contributed by atoms with van der Waals surface area (Å²) in [6.07, 6.45) is 0. The molecule has 0 aliphatic heterocycles. The molecule has 0 aliphatic carbocycles. The van der Waals surface area contributed by atoms with Gasteiger partial charge in [0.2, 0.25) is 0 Å². The quantitative estimate of drug-likeness (QED) is 0.643. The van der Waals surface area contributed by atoms with Crippen LogP contribution in [-0.4, -0.2) is 18.4 Å². The molecule has 0 saturated heterocycles. The lowest BCUT2D eigenvalue weighted by atomic mass is 10.1. The van der Waals surface area contributed by atoms with Crippen LogP contribution in [0.4, 0.5) is 5.69 Å². The highest BCUT2D eigenvalue weighted by atomic mass is 79.9. The summed E-state index contributed by atoms with van der Waals surface area (Å²) < 4.78 is 0.710. The zero-order chi connectivity index (χ0) is 13.7. The first-order chi connectivity index (χ1) is 8.45. The summed E-state index contributed by atoms with van der Waals surface area (Å²) in [5.74, 6) is -1.62. The molecule has 0 saturated carbocycles. The van der Waals surface area contributed by atoms with Gasteiger partial charge < -0.3 is 10.6 Å². The summed E-state index contributed by atoms with van der Waals surface area (Å²) in [5, 5.41) is 13.0. The normalized spacial score (nSPS) is 9.44. The van der Waals surface area contributed by atoms with Crippen LogP contribution in [0.5, 0.6) is 0 Å². The number of aryl methyl sites for hydroxylation is 2. The first kappa shape index (κ1) is 14.2. The number of hydrogen-bond donors (Lipinski definition) is 2. The fourth-order valence-electron chi connectivity index (χ4n) is 1.44. The minimum atomic E-state index is -0.830. The fourth-order valence-corrected chi connectivity index (χ4v) is 2.22. The van der Waals surface area contributed by atoms with E-state index in [1.807, 2.05) is 26.0 Å². The maximum atomic E-state index is 11.6. The zero-order valence-corrected chi connectivity index (χ0v) is 11.6. The third-order valence-corrected chi connectivity index (χ3v) is 2.83. The molecule has 6 heteroatoms. The Labute approximate surface area is 113 Å². The minimum absolute atomic E-state index is 0.194. The van der Waals surface area contributed by atoms with Gasteiger partial charge in [-0.05, 0) is 47.0 Å². The van der Waals surface area contributed by atoms with Crippen LogP contribution in [0.15, 0.2) is 16.6 Å². The first-order valence-electron chi connectivity index (χ1n) is 5.18. The van der Waals surface area contributed by atoms with Gasteiger partial charge in [0.05, 0.1) is 11.8 Å². The van der Waals surface area contributed by atoms with E-state index in [1.54, 1.807) is 6.07 Å². The van der Waals surface area contributed by atoms with Crippen molar-refractivity contribution in [1.29, 1.82) is 5.26 Å². The highest BCUT2D eigenvalue weighted by Crippen LogP contribution is 2.27. The van der Waals surface area contributed by atoms with Crippen molar-refractivity contribution in [3.63, 3.8) is 0 Å². The molecule has 0 atom stereocenters. The van der Waals surface area contributed by atoms with Gasteiger partial charge in [-0.25, -0.2) is 0 Å². The van der Waals surface area contributed by atoms with Crippen molar-refractivity contribution < 1.29 is 9.59 Å². The monoisotopic (exact) mass is 309 g/mol. The van der Waals surface area contributed by atoms with Crippen molar-refractivity contribution in [3.05, 3.63) is 27.7 Å². The van der Waals surface area contributed by atoms with Crippen LogP contribution in [0, 0.1) is 25.2 Å². The van der Waals surface area contributed by atoms with Gasteiger partial charge >= 0.3 is 11.8 Å². The zero-order valence-electron chi connectivity index (χ0n) is 10.0. The van der Waals surface area contributed by atoms with Gasteiger partial charge in [-0.2, -0.15) is 5.26 Å². The SMILES string of the molecule is Cc1cc(C)c(NC(=O)C(=O)NCC#N)c(Br)c1. The average Bonchev–Trinajstić information content (AvgIpc) is 2.30. The molecule has 2 amide bonds. The molecular formula is C12H12BrN3O2. The van der Waals surface area contributed by atoms with E-state index in [2.05, 4.69) is 26.6 Å². The summed E-state index contributed by atoms with van der Waals surface area (Å²) in [6.45, 7) is 3.57. The molecule has 0 aromatic heterocycles. The third-order valence-electron chi connectivity index (χ3n) is 2.20. The van der Waals surface area contributed by atoms with E-state index < -0.39 is 11.8 Å². The van der Waals surface area contributed by atoms with Crippen molar-refractivity contribution in [1.82, 2.24) is 5.32 Å². The number of carbonyl (C=O) groups is 2. The van der Waals surface area contributed by atoms with Gasteiger partial charge in [-0.15, -0.1) is 0 Å². The Morgan fingerprint density at radius 2 is 2.00 bits per heavy atom. The summed E-state index contributed by atoms with van der Waals surface area (Å²) in [7, 11) is 0. The van der Waals surface area contributed by atoms with Crippen molar-refractivity contribution in [2.45, 2.75) is 13.8 Å². The highest BCUT2D eigenvalue weighted by Gasteiger charge is 2.15. The van der Waals surface area contributed by atoms with Crippen molar-refractivity contribution in [2.24, 2.45) is 0 Å². The van der Waals surface area contributed by atoms with E-state index in [9.17, 15) is 9.59 Å². The Morgan fingerprint density at radius 1 is 1.33 bits per heavy atom. The molecule has 2 N–H and O–H groups in total. The smallest absolute Gasteiger partial charge is 0.313 e. The summed E-state index contributed by atoms with van der Waals surface area (Å²) >= 11 is 3.33. The van der Waals surface area contributed by atoms with Crippen molar-refractivity contribution in [3.8, 4) is 6.07 Å². The molecule has 0 unspecified atom stereocenters. The molecule has 1 rings (SSSR count).